The maximum absolute atomic E-state index is 13.9. The van der Waals surface area contributed by atoms with Gasteiger partial charge in [0, 0.05) is 74.6 Å². The van der Waals surface area contributed by atoms with E-state index in [1.807, 2.05) is 23.2 Å². The van der Waals surface area contributed by atoms with E-state index in [4.69, 9.17) is 26.9 Å². The molecule has 0 unspecified atom stereocenters. The standard InChI is InChI=1S/C42H43F3N8O5S.CH2O2/c1-26(2)50-15-12-32-34(50)22-28(23-35(32)51-16-13-36(54)47-39(51)57)37(55)49-19-17-48(18-20-49)14-5-21-58-31-10-8-29(9-11-31)53-40(59)52(38(56)41(53,3)4)30-7-6-27(25-46)33(24-30)42(43,44)45;2-1-3/h6-12,15,22-24,26H,5,13-14,16-21H2,1-4H3,(H,47,54,57);1H,(H,2,3). The van der Waals surface area contributed by atoms with Crippen LogP contribution in [0.25, 0.3) is 10.9 Å². The summed E-state index contributed by atoms with van der Waals surface area (Å²) < 4.78 is 49.2. The number of thiocarbonyl (C=S) groups is 1. The van der Waals surface area contributed by atoms with Crippen LogP contribution in [0.15, 0.2) is 66.9 Å². The fraction of sp³-hybridized carbons (Fsp3) is 0.372. The summed E-state index contributed by atoms with van der Waals surface area (Å²) in [6.07, 6.45) is -1.95. The first kappa shape index (κ1) is 45.0. The van der Waals surface area contributed by atoms with Gasteiger partial charge >= 0.3 is 12.2 Å². The molecule has 0 bridgehead atoms. The molecule has 4 heterocycles. The first-order valence-electron chi connectivity index (χ1n) is 19.8. The number of hydrogen-bond donors (Lipinski definition) is 2. The Balaban J connectivity index is 0.00000208. The quantitative estimate of drug-likeness (QED) is 0.103. The molecule has 1 aromatic heterocycles. The number of anilines is 3. The van der Waals surface area contributed by atoms with Crippen molar-refractivity contribution in [2.45, 2.75) is 58.3 Å². The first-order chi connectivity index (χ1) is 29.4. The van der Waals surface area contributed by atoms with E-state index in [1.165, 1.54) is 11.0 Å². The van der Waals surface area contributed by atoms with Crippen LogP contribution in [0.3, 0.4) is 0 Å². The highest BCUT2D eigenvalue weighted by Gasteiger charge is 2.50. The molecule has 5 amide bonds. The minimum Gasteiger partial charge on any atom is -0.494 e. The number of carbonyl (C=O) groups excluding carboxylic acids is 4. The van der Waals surface area contributed by atoms with Crippen molar-refractivity contribution >= 4 is 75.5 Å². The summed E-state index contributed by atoms with van der Waals surface area (Å²) in [6.45, 7) is 10.9. The SMILES string of the molecule is CC(C)n1ccc2c(N3CCC(=O)NC3=O)cc(C(=O)N3CCN(CCCOc4ccc(N5C(=S)N(c6ccc(C#N)c(C(F)(F)F)c6)C(=O)C5(C)C)cc4)CC3)cc21.O=CO. The highest BCUT2D eigenvalue weighted by molar-refractivity contribution is 7.81. The summed E-state index contributed by atoms with van der Waals surface area (Å²) >= 11 is 5.64. The zero-order chi connectivity index (χ0) is 45.1. The van der Waals surface area contributed by atoms with Crippen molar-refractivity contribution in [2.24, 2.45) is 0 Å². The van der Waals surface area contributed by atoms with Crippen molar-refractivity contribution in [3.05, 3.63) is 83.6 Å². The number of carbonyl (C=O) groups is 5. The van der Waals surface area contributed by atoms with Crippen molar-refractivity contribution in [2.75, 3.05) is 60.6 Å². The molecule has 0 radical (unpaired) electrons. The molecule has 19 heteroatoms. The molecular weight excluding hydrogens is 830 g/mol. The molecule has 3 aliphatic heterocycles. The van der Waals surface area contributed by atoms with Crippen molar-refractivity contribution in [3.63, 3.8) is 0 Å². The monoisotopic (exact) mass is 874 g/mol. The Kier molecular flexibility index (Phi) is 13.2. The third-order valence-corrected chi connectivity index (χ3v) is 11.3. The molecule has 0 atom stereocenters. The number of ether oxygens (including phenoxy) is 1. The van der Waals surface area contributed by atoms with Crippen molar-refractivity contribution < 1.29 is 47.0 Å². The van der Waals surface area contributed by atoms with Crippen LogP contribution in [0.5, 0.6) is 5.75 Å². The second-order valence-electron chi connectivity index (χ2n) is 15.6. The Labute approximate surface area is 360 Å². The molecule has 4 aromatic rings. The highest BCUT2D eigenvalue weighted by atomic mass is 32.1. The van der Waals surface area contributed by atoms with Crippen LogP contribution in [0.2, 0.25) is 0 Å². The third kappa shape index (κ3) is 9.06. The van der Waals surface area contributed by atoms with Crippen LogP contribution < -0.4 is 24.8 Å². The summed E-state index contributed by atoms with van der Waals surface area (Å²) in [5.41, 5.74) is -0.518. The van der Waals surface area contributed by atoms with Gasteiger partial charge in [0.05, 0.1) is 40.7 Å². The minimum absolute atomic E-state index is 0.00521. The Morgan fingerprint density at radius 3 is 2.27 bits per heavy atom. The Morgan fingerprint density at radius 2 is 1.66 bits per heavy atom. The number of alkyl halides is 3. The van der Waals surface area contributed by atoms with Gasteiger partial charge in [-0.1, -0.05) is 0 Å². The Morgan fingerprint density at radius 1 is 1.00 bits per heavy atom. The number of aromatic nitrogens is 1. The van der Waals surface area contributed by atoms with Gasteiger partial charge in [-0.15, -0.1) is 0 Å². The highest BCUT2D eigenvalue weighted by Crippen LogP contribution is 2.40. The Hall–Kier alpha value is -6.52. The van der Waals surface area contributed by atoms with Crippen molar-refractivity contribution in [3.8, 4) is 11.8 Å². The third-order valence-electron chi connectivity index (χ3n) is 11.0. The van der Waals surface area contributed by atoms with E-state index in [0.29, 0.717) is 55.5 Å². The van der Waals surface area contributed by atoms with Crippen LogP contribution in [0.4, 0.5) is 35.0 Å². The smallest absolute Gasteiger partial charge is 0.417 e. The minimum atomic E-state index is -4.79. The molecule has 62 heavy (non-hydrogen) atoms. The Bertz CT molecular complexity index is 2440. The lowest BCUT2D eigenvalue weighted by Crippen LogP contribution is -2.50. The fourth-order valence-electron chi connectivity index (χ4n) is 7.82. The van der Waals surface area contributed by atoms with Gasteiger partial charge in [-0.2, -0.15) is 18.4 Å². The van der Waals surface area contributed by atoms with Crippen LogP contribution in [-0.2, 0) is 20.6 Å². The second-order valence-corrected chi connectivity index (χ2v) is 16.0. The van der Waals surface area contributed by atoms with Crippen LogP contribution >= 0.6 is 12.2 Å². The molecule has 0 saturated carbocycles. The molecule has 7 rings (SSSR count). The second kappa shape index (κ2) is 18.2. The number of benzene rings is 3. The number of carboxylic acid groups (broad SMARTS) is 1. The predicted octanol–water partition coefficient (Wildman–Crippen LogP) is 6.40. The number of imide groups is 1. The molecule has 0 aliphatic carbocycles. The number of urea groups is 1. The zero-order valence-electron chi connectivity index (χ0n) is 34.4. The zero-order valence-corrected chi connectivity index (χ0v) is 35.3. The van der Waals surface area contributed by atoms with E-state index < -0.39 is 34.8 Å². The molecule has 2 N–H and O–H groups in total. The van der Waals surface area contributed by atoms with Crippen molar-refractivity contribution in [1.82, 2.24) is 19.7 Å². The number of rotatable bonds is 10. The molecule has 3 fully saturated rings. The lowest BCUT2D eigenvalue weighted by atomic mass is 10.0. The van der Waals surface area contributed by atoms with Gasteiger partial charge in [0.15, 0.2) is 5.11 Å². The number of nitrogens with one attached hydrogen (secondary N) is 1. The molecule has 15 nitrogen and oxygen atoms in total. The summed E-state index contributed by atoms with van der Waals surface area (Å²) in [5.74, 6) is -0.369. The molecule has 0 spiro atoms. The average Bonchev–Trinajstić information content (AvgIpc) is 3.74. The summed E-state index contributed by atoms with van der Waals surface area (Å²) in [7, 11) is 0. The van der Waals surface area contributed by atoms with Gasteiger partial charge in [0.25, 0.3) is 18.3 Å². The molecule has 3 aromatic carbocycles. The average molecular weight is 875 g/mol. The largest absolute Gasteiger partial charge is 0.494 e. The van der Waals surface area contributed by atoms with Gasteiger partial charge < -0.3 is 24.2 Å². The first-order valence-corrected chi connectivity index (χ1v) is 20.2. The number of nitriles is 1. The number of piperazine rings is 1. The van der Waals surface area contributed by atoms with Gasteiger partial charge in [0.2, 0.25) is 5.91 Å². The summed E-state index contributed by atoms with van der Waals surface area (Å²) in [5, 5.41) is 19.3. The van der Waals surface area contributed by atoms with Crippen molar-refractivity contribution in [1.29, 1.82) is 5.26 Å². The van der Waals surface area contributed by atoms with E-state index in [9.17, 15) is 37.6 Å². The number of halogens is 3. The molecular formula is C43H45F3N8O7S. The van der Waals surface area contributed by atoms with Gasteiger partial charge in [0.1, 0.15) is 11.3 Å². The van der Waals surface area contributed by atoms with E-state index in [2.05, 4.69) is 28.6 Å². The molecule has 3 aliphatic rings. The van der Waals surface area contributed by atoms with Crippen LogP contribution in [0, 0.1) is 11.3 Å². The van der Waals surface area contributed by atoms with E-state index in [0.717, 1.165) is 40.9 Å². The topological polar surface area (TPSA) is 172 Å². The number of hydrogen-bond acceptors (Lipinski definition) is 9. The lowest BCUT2D eigenvalue weighted by molar-refractivity contribution is -0.137. The van der Waals surface area contributed by atoms with Crippen LogP contribution in [-0.4, -0.2) is 106 Å². The van der Waals surface area contributed by atoms with Gasteiger partial charge in [-0.25, -0.2) is 4.79 Å². The van der Waals surface area contributed by atoms with E-state index in [-0.39, 0.29) is 48.1 Å². The van der Waals surface area contributed by atoms with E-state index >= 15 is 0 Å². The normalized spacial score (nSPS) is 17.0. The summed E-state index contributed by atoms with van der Waals surface area (Å²) in [4.78, 5) is 68.8. The number of amides is 5. The van der Waals surface area contributed by atoms with Gasteiger partial charge in [-0.3, -0.25) is 39.2 Å². The molecule has 3 saturated heterocycles. The predicted molar refractivity (Wildman–Crippen MR) is 228 cm³/mol. The molecule has 326 valence electrons. The maximum Gasteiger partial charge on any atom is 0.417 e. The van der Waals surface area contributed by atoms with Gasteiger partial charge in [-0.05, 0) is 107 Å². The number of fused-ring (bicyclic) bond motifs is 1. The maximum atomic E-state index is 13.9. The summed E-state index contributed by atoms with van der Waals surface area (Å²) in [6, 6.07) is 16.8. The lowest BCUT2D eigenvalue weighted by Gasteiger charge is -2.35. The number of nitrogens with zero attached hydrogens (tertiary/aromatic N) is 7. The fourth-order valence-corrected chi connectivity index (χ4v) is 8.34. The van der Waals surface area contributed by atoms with Crippen LogP contribution in [0.1, 0.15) is 68.1 Å². The van der Waals surface area contributed by atoms with E-state index in [1.54, 1.807) is 55.1 Å².